The molecule has 4 nitrogen and oxygen atoms in total. The summed E-state index contributed by atoms with van der Waals surface area (Å²) >= 11 is 0. The Morgan fingerprint density at radius 2 is 1.42 bits per heavy atom. The standard InChI is InChI=1S/C29H46O4/c1-3-5-7-9-10-11-12-13-17-21-25(32-28(30)24-19-15-14-16-20-24)23-27-26(29(31)33-27)22-18-8-6-4-2/h14-16,19-20,25-27H,3-13,17-18,21-23H2,1-2H3/t25-,26-,27-/m0/s1. The summed E-state index contributed by atoms with van der Waals surface area (Å²) in [4.78, 5) is 24.7. The van der Waals surface area contributed by atoms with E-state index in [1.807, 2.05) is 18.2 Å². The van der Waals surface area contributed by atoms with Gasteiger partial charge in [-0.25, -0.2) is 4.79 Å². The van der Waals surface area contributed by atoms with E-state index in [1.165, 1.54) is 57.8 Å². The summed E-state index contributed by atoms with van der Waals surface area (Å²) in [5.41, 5.74) is 0.580. The number of esters is 2. The fourth-order valence-corrected chi connectivity index (χ4v) is 4.67. The lowest BCUT2D eigenvalue weighted by molar-refractivity contribution is -0.188. The number of hydrogen-bond donors (Lipinski definition) is 0. The molecule has 0 aliphatic carbocycles. The largest absolute Gasteiger partial charge is 0.461 e. The molecule has 0 amide bonds. The van der Waals surface area contributed by atoms with Crippen molar-refractivity contribution in [3.05, 3.63) is 35.9 Å². The molecule has 1 aromatic carbocycles. The van der Waals surface area contributed by atoms with Crippen LogP contribution in [0, 0.1) is 5.92 Å². The van der Waals surface area contributed by atoms with Crippen molar-refractivity contribution in [1.29, 1.82) is 0 Å². The van der Waals surface area contributed by atoms with Crippen molar-refractivity contribution in [3.8, 4) is 0 Å². The molecular formula is C29H46O4. The molecule has 0 aromatic heterocycles. The monoisotopic (exact) mass is 458 g/mol. The van der Waals surface area contributed by atoms with Gasteiger partial charge in [0.05, 0.1) is 11.5 Å². The molecule has 0 N–H and O–H groups in total. The first kappa shape index (κ1) is 27.4. The van der Waals surface area contributed by atoms with Crippen LogP contribution >= 0.6 is 0 Å². The average molecular weight is 459 g/mol. The zero-order valence-corrected chi connectivity index (χ0v) is 21.1. The van der Waals surface area contributed by atoms with Gasteiger partial charge in [-0.15, -0.1) is 0 Å². The smallest absolute Gasteiger partial charge is 0.338 e. The highest BCUT2D eigenvalue weighted by molar-refractivity contribution is 5.89. The molecular weight excluding hydrogens is 412 g/mol. The first-order chi connectivity index (χ1) is 16.2. The van der Waals surface area contributed by atoms with Crippen LogP contribution in [0.15, 0.2) is 30.3 Å². The minimum Gasteiger partial charge on any atom is -0.461 e. The Hall–Kier alpha value is -1.84. The number of carbonyl (C=O) groups is 2. The van der Waals surface area contributed by atoms with E-state index < -0.39 is 0 Å². The maximum atomic E-state index is 12.7. The lowest BCUT2D eigenvalue weighted by Crippen LogP contribution is -2.47. The van der Waals surface area contributed by atoms with Gasteiger partial charge in [-0.3, -0.25) is 4.79 Å². The van der Waals surface area contributed by atoms with Crippen LogP contribution in [0.1, 0.15) is 127 Å². The topological polar surface area (TPSA) is 52.6 Å². The Balaban J connectivity index is 1.79. The third-order valence-electron chi connectivity index (χ3n) is 6.80. The second-order valence-electron chi connectivity index (χ2n) is 9.68. The minimum absolute atomic E-state index is 0.0251. The Morgan fingerprint density at radius 3 is 2.03 bits per heavy atom. The number of ether oxygens (including phenoxy) is 2. The molecule has 1 aromatic rings. The number of unbranched alkanes of at least 4 members (excludes halogenated alkanes) is 11. The van der Waals surface area contributed by atoms with Gasteiger partial charge in [-0.2, -0.15) is 0 Å². The molecule has 3 atom stereocenters. The first-order valence-corrected chi connectivity index (χ1v) is 13.6. The maximum absolute atomic E-state index is 12.7. The van der Waals surface area contributed by atoms with E-state index in [2.05, 4.69) is 13.8 Å². The Labute approximate surface area is 201 Å². The van der Waals surface area contributed by atoms with Gasteiger partial charge in [0.2, 0.25) is 0 Å². The summed E-state index contributed by atoms with van der Waals surface area (Å²) in [7, 11) is 0. The van der Waals surface area contributed by atoms with E-state index in [0.29, 0.717) is 12.0 Å². The van der Waals surface area contributed by atoms with Gasteiger partial charge in [0.25, 0.3) is 0 Å². The van der Waals surface area contributed by atoms with E-state index >= 15 is 0 Å². The summed E-state index contributed by atoms with van der Waals surface area (Å²) in [6, 6.07) is 9.18. The first-order valence-electron chi connectivity index (χ1n) is 13.6. The highest BCUT2D eigenvalue weighted by Crippen LogP contribution is 2.32. The number of hydrogen-bond acceptors (Lipinski definition) is 4. The van der Waals surface area contributed by atoms with Crippen molar-refractivity contribution < 1.29 is 19.1 Å². The van der Waals surface area contributed by atoms with Crippen LogP contribution in [0.3, 0.4) is 0 Å². The number of rotatable bonds is 19. The van der Waals surface area contributed by atoms with Crippen molar-refractivity contribution >= 4 is 11.9 Å². The molecule has 1 fully saturated rings. The molecule has 0 radical (unpaired) electrons. The van der Waals surface area contributed by atoms with E-state index in [0.717, 1.165) is 38.5 Å². The van der Waals surface area contributed by atoms with Gasteiger partial charge in [-0.1, -0.05) is 109 Å². The number of cyclic esters (lactones) is 1. The van der Waals surface area contributed by atoms with Gasteiger partial charge in [0, 0.05) is 6.42 Å². The van der Waals surface area contributed by atoms with Crippen LogP contribution in [0.5, 0.6) is 0 Å². The zero-order valence-electron chi connectivity index (χ0n) is 21.1. The summed E-state index contributed by atoms with van der Waals surface area (Å²) in [5.74, 6) is -0.378. The summed E-state index contributed by atoms with van der Waals surface area (Å²) in [6.07, 6.45) is 18.1. The average Bonchev–Trinajstić information content (AvgIpc) is 2.82. The molecule has 0 bridgehead atoms. The van der Waals surface area contributed by atoms with Gasteiger partial charge in [0.15, 0.2) is 0 Å². The summed E-state index contributed by atoms with van der Waals surface area (Å²) in [6.45, 7) is 4.44. The SMILES string of the molecule is CCCCCCCCCCC[C@@H](C[C@@H]1OC(=O)[C@H]1CCCCCC)OC(=O)c1ccccc1. The van der Waals surface area contributed by atoms with Gasteiger partial charge >= 0.3 is 11.9 Å². The molecule has 0 unspecified atom stereocenters. The van der Waals surface area contributed by atoms with Crippen LogP contribution in [0.4, 0.5) is 0 Å². The minimum atomic E-state index is -0.276. The van der Waals surface area contributed by atoms with Crippen molar-refractivity contribution in [2.45, 2.75) is 129 Å². The van der Waals surface area contributed by atoms with Gasteiger partial charge < -0.3 is 9.47 Å². The van der Waals surface area contributed by atoms with E-state index in [9.17, 15) is 9.59 Å². The lowest BCUT2D eigenvalue weighted by atomic mass is 9.86. The van der Waals surface area contributed by atoms with E-state index in [1.54, 1.807) is 12.1 Å². The fourth-order valence-electron chi connectivity index (χ4n) is 4.67. The van der Waals surface area contributed by atoms with Crippen molar-refractivity contribution in [1.82, 2.24) is 0 Å². The predicted octanol–water partition coefficient (Wildman–Crippen LogP) is 8.04. The van der Waals surface area contributed by atoms with Crippen LogP contribution in [0.25, 0.3) is 0 Å². The molecule has 0 spiro atoms. The number of carbonyl (C=O) groups excluding carboxylic acids is 2. The molecule has 1 saturated heterocycles. The molecule has 1 aliphatic rings. The third-order valence-corrected chi connectivity index (χ3v) is 6.80. The molecule has 186 valence electrons. The molecule has 1 aliphatic heterocycles. The quantitative estimate of drug-likeness (QED) is 0.155. The normalized spacial score (nSPS) is 18.4. The second kappa shape index (κ2) is 16.7. The summed E-state index contributed by atoms with van der Waals surface area (Å²) in [5, 5.41) is 0. The lowest BCUT2D eigenvalue weighted by Gasteiger charge is -2.37. The second-order valence-corrected chi connectivity index (χ2v) is 9.68. The van der Waals surface area contributed by atoms with Crippen LogP contribution in [0.2, 0.25) is 0 Å². The van der Waals surface area contributed by atoms with Crippen LogP contribution in [-0.4, -0.2) is 24.1 Å². The highest BCUT2D eigenvalue weighted by Gasteiger charge is 2.43. The third kappa shape index (κ3) is 10.8. The predicted molar refractivity (Wildman–Crippen MR) is 134 cm³/mol. The van der Waals surface area contributed by atoms with E-state index in [4.69, 9.17) is 9.47 Å². The van der Waals surface area contributed by atoms with E-state index in [-0.39, 0.29) is 30.1 Å². The fraction of sp³-hybridized carbons (Fsp3) is 0.724. The van der Waals surface area contributed by atoms with Crippen LogP contribution in [-0.2, 0) is 14.3 Å². The van der Waals surface area contributed by atoms with Crippen molar-refractivity contribution in [3.63, 3.8) is 0 Å². The maximum Gasteiger partial charge on any atom is 0.338 e. The molecule has 0 saturated carbocycles. The van der Waals surface area contributed by atoms with Crippen molar-refractivity contribution in [2.24, 2.45) is 5.92 Å². The Morgan fingerprint density at radius 1 is 0.848 bits per heavy atom. The Kier molecular flexibility index (Phi) is 13.9. The molecule has 1 heterocycles. The van der Waals surface area contributed by atoms with Gasteiger partial charge in [0.1, 0.15) is 12.2 Å². The molecule has 33 heavy (non-hydrogen) atoms. The van der Waals surface area contributed by atoms with Gasteiger partial charge in [-0.05, 0) is 31.4 Å². The molecule has 2 rings (SSSR count). The summed E-state index contributed by atoms with van der Waals surface area (Å²) < 4.78 is 11.4. The number of benzene rings is 1. The zero-order chi connectivity index (χ0) is 23.7. The Bertz CT molecular complexity index is 657. The molecule has 4 heteroatoms. The van der Waals surface area contributed by atoms with Crippen LogP contribution < -0.4 is 0 Å². The van der Waals surface area contributed by atoms with Crippen molar-refractivity contribution in [2.75, 3.05) is 0 Å². The highest BCUT2D eigenvalue weighted by atomic mass is 16.6.